The number of aromatic nitrogens is 4. The van der Waals surface area contributed by atoms with Gasteiger partial charge in [0, 0.05) is 37.9 Å². The smallest absolute Gasteiger partial charge is 0.274 e. The van der Waals surface area contributed by atoms with Gasteiger partial charge >= 0.3 is 0 Å². The van der Waals surface area contributed by atoms with Crippen LogP contribution in [0.5, 0.6) is 0 Å². The predicted molar refractivity (Wildman–Crippen MR) is 154 cm³/mol. The Kier molecular flexibility index (Phi) is 7.18. The lowest BCUT2D eigenvalue weighted by Gasteiger charge is -2.46. The number of nitriles is 1. The van der Waals surface area contributed by atoms with Crippen molar-refractivity contribution in [2.75, 3.05) is 18.4 Å². The van der Waals surface area contributed by atoms with Gasteiger partial charge in [-0.3, -0.25) is 9.69 Å². The summed E-state index contributed by atoms with van der Waals surface area (Å²) in [4.78, 5) is 21.1. The molecule has 2 aromatic heterocycles. The number of nitrogens with zero attached hydrogens (tertiary/aromatic N) is 6. The molecule has 1 amide bonds. The Morgan fingerprint density at radius 3 is 2.83 bits per heavy atom. The van der Waals surface area contributed by atoms with E-state index < -0.39 is 0 Å². The third kappa shape index (κ3) is 4.92. The van der Waals surface area contributed by atoms with Crippen LogP contribution < -0.4 is 5.32 Å². The number of amides is 1. The third-order valence-corrected chi connectivity index (χ3v) is 9.38. The molecule has 3 aliphatic rings. The van der Waals surface area contributed by atoms with Crippen LogP contribution in [-0.4, -0.2) is 43.6 Å². The van der Waals surface area contributed by atoms with Crippen LogP contribution in [0.3, 0.4) is 0 Å². The molecule has 1 aliphatic heterocycles. The number of nitrogens with one attached hydrogen (secondary N) is 1. The van der Waals surface area contributed by atoms with Crippen molar-refractivity contribution in [1.82, 2.24) is 24.6 Å². The molecule has 8 heteroatoms. The number of carbonyl (C=O) groups excluding carboxylic acids is 1. The van der Waals surface area contributed by atoms with Crippen molar-refractivity contribution in [3.8, 4) is 6.07 Å². The van der Waals surface area contributed by atoms with Crippen molar-refractivity contribution in [2.45, 2.75) is 76.7 Å². The molecular weight excluding hydrogens is 498 g/mol. The van der Waals surface area contributed by atoms with Crippen molar-refractivity contribution in [3.05, 3.63) is 70.6 Å². The van der Waals surface area contributed by atoms with E-state index in [0.717, 1.165) is 68.1 Å². The van der Waals surface area contributed by atoms with E-state index in [1.165, 1.54) is 24.0 Å². The number of likely N-dealkylation sites (tertiary alicyclic amines) is 1. The molecule has 2 atom stereocenters. The molecule has 0 bridgehead atoms. The summed E-state index contributed by atoms with van der Waals surface area (Å²) in [6.45, 7) is 7.68. The fraction of sp³-hybridized carbons (Fsp3) is 0.531. The lowest BCUT2D eigenvalue weighted by molar-refractivity contribution is 0.102. The molecule has 8 nitrogen and oxygen atoms in total. The first-order chi connectivity index (χ1) is 19.4. The fourth-order valence-corrected chi connectivity index (χ4v) is 7.32. The van der Waals surface area contributed by atoms with Gasteiger partial charge in [0.25, 0.3) is 5.91 Å². The number of carbonyl (C=O) groups is 1. The minimum Gasteiger partial charge on any atom is -0.321 e. The highest BCUT2D eigenvalue weighted by atomic mass is 16.1. The zero-order chi connectivity index (χ0) is 27.9. The zero-order valence-electron chi connectivity index (χ0n) is 23.9. The average Bonchev–Trinajstić information content (AvgIpc) is 3.52. The first kappa shape index (κ1) is 26.6. The molecule has 1 N–H and O–H groups in total. The fourth-order valence-electron chi connectivity index (χ4n) is 7.32. The van der Waals surface area contributed by atoms with Crippen molar-refractivity contribution in [3.63, 3.8) is 0 Å². The average molecular weight is 538 g/mol. The van der Waals surface area contributed by atoms with E-state index in [4.69, 9.17) is 4.98 Å². The maximum Gasteiger partial charge on any atom is 0.274 e. The standard InChI is InChI=1S/C32H39N7O/c1-21-6-5-13-39(18-21)19-24-14-28(36-29-22(2)9-10-27(24)29)30(40)35-26-8-4-7-25(15-26)32(16-23(17-32)11-12-33)31-37-34-20-38(31)3/h4,7-8,14-15,20-23H,5-6,9-11,13,16-19H2,1-3H3,(H,35,40)/t21-,22-,23?,32?/m0/s1. The zero-order valence-corrected chi connectivity index (χ0v) is 23.9. The van der Waals surface area contributed by atoms with Crippen molar-refractivity contribution < 1.29 is 4.79 Å². The van der Waals surface area contributed by atoms with Gasteiger partial charge in [0.15, 0.2) is 0 Å². The number of rotatable bonds is 7. The maximum absolute atomic E-state index is 13.6. The molecule has 6 rings (SSSR count). The van der Waals surface area contributed by atoms with Gasteiger partial charge in [-0.05, 0) is 97.7 Å². The summed E-state index contributed by atoms with van der Waals surface area (Å²) in [6.07, 6.45) is 8.62. The molecule has 3 heterocycles. The molecular formula is C32H39N7O. The van der Waals surface area contributed by atoms with E-state index >= 15 is 0 Å². The van der Waals surface area contributed by atoms with Gasteiger partial charge < -0.3 is 9.88 Å². The van der Waals surface area contributed by atoms with Crippen molar-refractivity contribution >= 4 is 11.6 Å². The quantitative estimate of drug-likeness (QED) is 0.436. The molecule has 208 valence electrons. The van der Waals surface area contributed by atoms with Gasteiger partial charge in [-0.1, -0.05) is 26.0 Å². The highest BCUT2D eigenvalue weighted by Gasteiger charge is 2.49. The molecule has 0 radical (unpaired) electrons. The topological polar surface area (TPSA) is 99.7 Å². The molecule has 1 saturated carbocycles. The second-order valence-corrected chi connectivity index (χ2v) is 12.5. The van der Waals surface area contributed by atoms with Gasteiger partial charge in [-0.25, -0.2) is 4.98 Å². The number of piperidine rings is 1. The maximum atomic E-state index is 13.6. The number of anilines is 1. The highest BCUT2D eigenvalue weighted by Crippen LogP contribution is 2.53. The number of fused-ring (bicyclic) bond motifs is 1. The SMILES string of the molecule is C[C@H]1CCCN(Cc2cc(C(=O)Nc3cccc(C4(c5nncn5C)CC(CC#N)C4)c3)nc3c2CC[C@@H]3C)C1. The first-order valence-corrected chi connectivity index (χ1v) is 14.7. The Morgan fingerprint density at radius 1 is 1.23 bits per heavy atom. The third-order valence-electron chi connectivity index (χ3n) is 9.38. The Morgan fingerprint density at radius 2 is 2.08 bits per heavy atom. The van der Waals surface area contributed by atoms with E-state index in [-0.39, 0.29) is 11.3 Å². The van der Waals surface area contributed by atoms with Crippen LogP contribution in [0.15, 0.2) is 36.7 Å². The van der Waals surface area contributed by atoms with E-state index in [1.807, 2.05) is 29.8 Å². The van der Waals surface area contributed by atoms with Crippen LogP contribution in [-0.2, 0) is 25.4 Å². The number of benzene rings is 1. The van der Waals surface area contributed by atoms with Crippen LogP contribution in [0.25, 0.3) is 0 Å². The normalized spacial score (nSPS) is 26.1. The predicted octanol–water partition coefficient (Wildman–Crippen LogP) is 5.35. The second kappa shape index (κ2) is 10.8. The highest BCUT2D eigenvalue weighted by molar-refractivity contribution is 6.03. The van der Waals surface area contributed by atoms with Crippen molar-refractivity contribution in [2.24, 2.45) is 18.9 Å². The summed E-state index contributed by atoms with van der Waals surface area (Å²) in [5, 5.41) is 21.0. The number of hydrogen-bond acceptors (Lipinski definition) is 6. The van der Waals surface area contributed by atoms with Gasteiger partial charge in [-0.15, -0.1) is 10.2 Å². The van der Waals surface area contributed by atoms with Gasteiger partial charge in [-0.2, -0.15) is 5.26 Å². The molecule has 0 unspecified atom stereocenters. The molecule has 2 aliphatic carbocycles. The van der Waals surface area contributed by atoms with Gasteiger partial charge in [0.05, 0.1) is 11.5 Å². The number of pyridine rings is 1. The lowest BCUT2D eigenvalue weighted by Crippen LogP contribution is -2.44. The van der Waals surface area contributed by atoms with Crippen molar-refractivity contribution in [1.29, 1.82) is 5.26 Å². The minimum absolute atomic E-state index is 0.170. The van der Waals surface area contributed by atoms with Crippen LogP contribution in [0, 0.1) is 23.2 Å². The Balaban J connectivity index is 1.26. The van der Waals surface area contributed by atoms with Crippen LogP contribution in [0.2, 0.25) is 0 Å². The molecule has 3 aromatic rings. The summed E-state index contributed by atoms with van der Waals surface area (Å²) >= 11 is 0. The monoisotopic (exact) mass is 537 g/mol. The molecule has 40 heavy (non-hydrogen) atoms. The largest absolute Gasteiger partial charge is 0.321 e. The summed E-state index contributed by atoms with van der Waals surface area (Å²) in [5.74, 6) is 2.15. The van der Waals surface area contributed by atoms with Gasteiger partial charge in [0.1, 0.15) is 17.8 Å². The molecule has 1 aromatic carbocycles. The second-order valence-electron chi connectivity index (χ2n) is 12.5. The van der Waals surface area contributed by atoms with E-state index in [0.29, 0.717) is 29.9 Å². The molecule has 1 saturated heterocycles. The van der Waals surface area contributed by atoms with Gasteiger partial charge in [0.2, 0.25) is 0 Å². The molecule has 0 spiro atoms. The Hall–Kier alpha value is -3.57. The Labute approximate surface area is 236 Å². The number of aryl methyl sites for hydroxylation is 1. The summed E-state index contributed by atoms with van der Waals surface area (Å²) < 4.78 is 1.97. The minimum atomic E-state index is -0.312. The lowest BCUT2D eigenvalue weighted by atomic mass is 9.57. The molecule has 2 fully saturated rings. The van der Waals surface area contributed by atoms with E-state index in [1.54, 1.807) is 6.33 Å². The summed E-state index contributed by atoms with van der Waals surface area (Å²) in [7, 11) is 1.96. The van der Waals surface area contributed by atoms with E-state index in [2.05, 4.69) is 52.5 Å². The first-order valence-electron chi connectivity index (χ1n) is 14.7. The Bertz CT molecular complexity index is 1450. The van der Waals surface area contributed by atoms with Crippen LogP contribution in [0.4, 0.5) is 5.69 Å². The summed E-state index contributed by atoms with van der Waals surface area (Å²) in [6, 6.07) is 12.4. The summed E-state index contributed by atoms with van der Waals surface area (Å²) in [5.41, 5.74) is 5.74. The van der Waals surface area contributed by atoms with E-state index in [9.17, 15) is 10.1 Å². The number of hydrogen-bond donors (Lipinski definition) is 1. The van der Waals surface area contributed by atoms with Crippen LogP contribution >= 0.6 is 0 Å². The van der Waals surface area contributed by atoms with Crippen LogP contribution in [0.1, 0.15) is 97.0 Å².